The van der Waals surface area contributed by atoms with Crippen LogP contribution in [0.5, 0.6) is 17.2 Å². The van der Waals surface area contributed by atoms with E-state index in [1.165, 1.54) is 6.33 Å². The Morgan fingerprint density at radius 2 is 1.68 bits per heavy atom. The number of aromatic nitrogens is 2. The minimum absolute atomic E-state index is 0. The number of hydrogen-bond acceptors (Lipinski definition) is 6. The van der Waals surface area contributed by atoms with Gasteiger partial charge in [-0.2, -0.15) is 0 Å². The molecule has 0 aliphatic heterocycles. The first kappa shape index (κ1) is 19.1. The normalized spacial score (nSPS) is 10.1. The zero-order valence-corrected chi connectivity index (χ0v) is 16.3. The smallest absolute Gasteiger partial charge is 0.145 e. The molecule has 0 spiro atoms. The third-order valence-electron chi connectivity index (χ3n) is 3.56. The molecule has 8 heteroatoms. The molecule has 1 aromatic heterocycles. The number of ether oxygens (including phenoxy) is 3. The quantitative estimate of drug-likeness (QED) is 0.644. The van der Waals surface area contributed by atoms with E-state index in [0.717, 1.165) is 26.8 Å². The maximum absolute atomic E-state index is 5.49. The van der Waals surface area contributed by atoms with Crippen molar-refractivity contribution in [2.24, 2.45) is 0 Å². The molecule has 1 N–H and O–H groups in total. The fourth-order valence-corrected chi connectivity index (χ4v) is 2.70. The van der Waals surface area contributed by atoms with Crippen molar-refractivity contribution in [3.8, 4) is 17.2 Å². The molecule has 0 unspecified atom stereocenters. The van der Waals surface area contributed by atoms with E-state index in [0.29, 0.717) is 17.3 Å². The first-order valence-electron chi connectivity index (χ1n) is 7.13. The number of rotatable bonds is 5. The number of hydrogen-bond donors (Lipinski definition) is 1. The van der Waals surface area contributed by atoms with Crippen molar-refractivity contribution in [3.63, 3.8) is 0 Å². The van der Waals surface area contributed by atoms with Gasteiger partial charge in [0.15, 0.2) is 0 Å². The van der Waals surface area contributed by atoms with E-state index in [-0.39, 0.29) is 12.4 Å². The average molecular weight is 427 g/mol. The molecule has 0 aliphatic rings. The molecule has 1 heterocycles. The van der Waals surface area contributed by atoms with Gasteiger partial charge in [-0.3, -0.25) is 0 Å². The van der Waals surface area contributed by atoms with Crippen molar-refractivity contribution >= 4 is 50.7 Å². The maximum atomic E-state index is 5.49. The van der Waals surface area contributed by atoms with E-state index in [2.05, 4.69) is 31.2 Å². The van der Waals surface area contributed by atoms with Gasteiger partial charge in [-0.25, -0.2) is 9.97 Å². The first-order chi connectivity index (χ1) is 11.7. The minimum atomic E-state index is 0. The number of anilines is 2. The summed E-state index contributed by atoms with van der Waals surface area (Å²) >= 11 is 3.53. The summed E-state index contributed by atoms with van der Waals surface area (Å²) in [5.41, 5.74) is 1.55. The number of nitrogens with one attached hydrogen (secondary N) is 1. The van der Waals surface area contributed by atoms with E-state index >= 15 is 0 Å². The van der Waals surface area contributed by atoms with Gasteiger partial charge in [-0.1, -0.05) is 0 Å². The van der Waals surface area contributed by atoms with Crippen molar-refractivity contribution in [1.29, 1.82) is 0 Å². The summed E-state index contributed by atoms with van der Waals surface area (Å²) in [5.74, 6) is 2.68. The maximum Gasteiger partial charge on any atom is 0.145 e. The second-order valence-electron chi connectivity index (χ2n) is 4.92. The summed E-state index contributed by atoms with van der Waals surface area (Å²) in [6, 6.07) is 9.31. The molecule has 6 nitrogen and oxygen atoms in total. The molecule has 0 saturated carbocycles. The predicted molar refractivity (Wildman–Crippen MR) is 104 cm³/mol. The van der Waals surface area contributed by atoms with Crippen LogP contribution in [0.3, 0.4) is 0 Å². The molecule has 3 rings (SSSR count). The van der Waals surface area contributed by atoms with Crippen molar-refractivity contribution in [2.75, 3.05) is 26.6 Å². The van der Waals surface area contributed by atoms with Gasteiger partial charge in [0, 0.05) is 22.7 Å². The number of benzene rings is 2. The fourth-order valence-electron chi connectivity index (χ4n) is 2.36. The monoisotopic (exact) mass is 425 g/mol. The van der Waals surface area contributed by atoms with Gasteiger partial charge in [-0.15, -0.1) is 12.4 Å². The van der Waals surface area contributed by atoms with Crippen LogP contribution in [0, 0.1) is 0 Å². The van der Waals surface area contributed by atoms with Crippen LogP contribution in [0.15, 0.2) is 41.1 Å². The first-order valence-corrected chi connectivity index (χ1v) is 7.93. The highest BCUT2D eigenvalue weighted by Crippen LogP contribution is 2.37. The third-order valence-corrected chi connectivity index (χ3v) is 4.25. The van der Waals surface area contributed by atoms with Gasteiger partial charge in [0.1, 0.15) is 29.4 Å². The van der Waals surface area contributed by atoms with Crippen LogP contribution in [0.4, 0.5) is 11.5 Å². The summed E-state index contributed by atoms with van der Waals surface area (Å²) in [4.78, 5) is 8.67. The van der Waals surface area contributed by atoms with E-state index in [9.17, 15) is 0 Å². The summed E-state index contributed by atoms with van der Waals surface area (Å²) in [6.07, 6.45) is 1.50. The van der Waals surface area contributed by atoms with Gasteiger partial charge >= 0.3 is 0 Å². The van der Waals surface area contributed by atoms with Crippen LogP contribution in [0.2, 0.25) is 0 Å². The Kier molecular flexibility index (Phi) is 6.27. The van der Waals surface area contributed by atoms with Crippen molar-refractivity contribution in [3.05, 3.63) is 41.1 Å². The molecule has 0 aliphatic carbocycles. The van der Waals surface area contributed by atoms with E-state index in [1.807, 2.05) is 24.3 Å². The number of fused-ring (bicyclic) bond motifs is 1. The Labute approximate surface area is 160 Å². The van der Waals surface area contributed by atoms with E-state index < -0.39 is 0 Å². The molecule has 0 radical (unpaired) electrons. The SMILES string of the molecule is COc1ccc(Br)c(Nc2ncnc3cc(OC)cc(OC)c23)c1.Cl. The minimum Gasteiger partial charge on any atom is -0.497 e. The fraction of sp³-hybridized carbons (Fsp3) is 0.176. The Bertz CT molecular complexity index is 892. The van der Waals surface area contributed by atoms with Crippen molar-refractivity contribution in [2.45, 2.75) is 0 Å². The van der Waals surface area contributed by atoms with Gasteiger partial charge in [-0.05, 0) is 28.1 Å². The highest BCUT2D eigenvalue weighted by Gasteiger charge is 2.13. The Balaban J connectivity index is 0.00000225. The number of nitrogens with zero attached hydrogens (tertiary/aromatic N) is 2. The standard InChI is InChI=1S/C17H16BrN3O3.ClH/c1-22-10-4-5-12(18)13(6-10)21-17-16-14(19-9-20-17)7-11(23-2)8-15(16)24-3;/h4-9H,1-3H3,(H,19,20,21);1H. The summed E-state index contributed by atoms with van der Waals surface area (Å²) in [6.45, 7) is 0. The molecular formula is C17H17BrClN3O3. The molecule has 0 fully saturated rings. The largest absolute Gasteiger partial charge is 0.497 e. The lowest BCUT2D eigenvalue weighted by molar-refractivity contribution is 0.398. The number of halogens is 2. The third kappa shape index (κ3) is 3.88. The molecule has 0 bridgehead atoms. The van der Waals surface area contributed by atoms with Gasteiger partial charge in [0.2, 0.25) is 0 Å². The van der Waals surface area contributed by atoms with Gasteiger partial charge in [0.05, 0.1) is 37.9 Å². The topological polar surface area (TPSA) is 65.5 Å². The zero-order valence-electron chi connectivity index (χ0n) is 13.9. The lowest BCUT2D eigenvalue weighted by atomic mass is 10.2. The summed E-state index contributed by atoms with van der Waals surface area (Å²) in [7, 11) is 4.84. The van der Waals surface area contributed by atoms with Crippen LogP contribution < -0.4 is 19.5 Å². The van der Waals surface area contributed by atoms with Crippen molar-refractivity contribution < 1.29 is 14.2 Å². The molecule has 0 saturated heterocycles. The van der Waals surface area contributed by atoms with Crippen LogP contribution >= 0.6 is 28.3 Å². The molecule has 132 valence electrons. The van der Waals surface area contributed by atoms with Crippen molar-refractivity contribution in [1.82, 2.24) is 9.97 Å². The second kappa shape index (κ2) is 8.22. The van der Waals surface area contributed by atoms with Crippen LogP contribution in [0.25, 0.3) is 10.9 Å². The lowest BCUT2D eigenvalue weighted by Crippen LogP contribution is -1.99. The van der Waals surface area contributed by atoms with Gasteiger partial charge in [0.25, 0.3) is 0 Å². The highest BCUT2D eigenvalue weighted by atomic mass is 79.9. The Hall–Kier alpha value is -2.25. The summed E-state index contributed by atoms with van der Waals surface area (Å²) in [5, 5.41) is 4.08. The zero-order chi connectivity index (χ0) is 17.1. The Morgan fingerprint density at radius 3 is 2.36 bits per heavy atom. The highest BCUT2D eigenvalue weighted by molar-refractivity contribution is 9.10. The molecular weight excluding hydrogens is 410 g/mol. The molecule has 0 atom stereocenters. The molecule has 3 aromatic rings. The second-order valence-corrected chi connectivity index (χ2v) is 5.77. The summed E-state index contributed by atoms with van der Waals surface area (Å²) < 4.78 is 16.9. The average Bonchev–Trinajstić information content (AvgIpc) is 2.62. The number of methoxy groups -OCH3 is 3. The Morgan fingerprint density at radius 1 is 0.920 bits per heavy atom. The lowest BCUT2D eigenvalue weighted by Gasteiger charge is -2.14. The van der Waals surface area contributed by atoms with Crippen LogP contribution in [0.1, 0.15) is 0 Å². The molecule has 2 aromatic carbocycles. The van der Waals surface area contributed by atoms with Gasteiger partial charge < -0.3 is 19.5 Å². The van der Waals surface area contributed by atoms with Crippen LogP contribution in [-0.2, 0) is 0 Å². The van der Waals surface area contributed by atoms with E-state index in [1.54, 1.807) is 27.4 Å². The molecule has 0 amide bonds. The predicted octanol–water partition coefficient (Wildman–Crippen LogP) is 4.58. The van der Waals surface area contributed by atoms with E-state index in [4.69, 9.17) is 14.2 Å². The molecule has 25 heavy (non-hydrogen) atoms. The van der Waals surface area contributed by atoms with Crippen LogP contribution in [-0.4, -0.2) is 31.3 Å².